The monoisotopic (exact) mass is 428 g/mol. The molecule has 0 amide bonds. The van der Waals surface area contributed by atoms with E-state index in [1.54, 1.807) is 34.1 Å². The Morgan fingerprint density at radius 3 is 2.35 bits per heavy atom. The van der Waals surface area contributed by atoms with Gasteiger partial charge in [-0.15, -0.1) is 0 Å². The SMILES string of the molecule is CCCCN(CCCC)C1C=C(OC)C(/C=C/C2=C(C#N)C(=O)OC2(C)C)=C(OC)C1. The van der Waals surface area contributed by atoms with E-state index in [1.807, 2.05) is 12.1 Å². The third kappa shape index (κ3) is 5.80. The minimum atomic E-state index is -0.850. The van der Waals surface area contributed by atoms with Crippen molar-refractivity contribution in [3.8, 4) is 6.07 Å². The number of hydrogen-bond donors (Lipinski definition) is 0. The second kappa shape index (κ2) is 11.2. The van der Waals surface area contributed by atoms with Gasteiger partial charge in [-0.3, -0.25) is 4.90 Å². The Labute approximate surface area is 186 Å². The van der Waals surface area contributed by atoms with Crippen LogP contribution in [0.15, 0.2) is 46.5 Å². The van der Waals surface area contributed by atoms with E-state index in [-0.39, 0.29) is 11.6 Å². The molecule has 1 unspecified atom stereocenters. The summed E-state index contributed by atoms with van der Waals surface area (Å²) in [6.45, 7) is 10.1. The molecule has 0 aromatic carbocycles. The van der Waals surface area contributed by atoms with Crippen LogP contribution in [0.5, 0.6) is 0 Å². The van der Waals surface area contributed by atoms with E-state index in [2.05, 4.69) is 24.8 Å². The predicted octanol–water partition coefficient (Wildman–Crippen LogP) is 4.80. The van der Waals surface area contributed by atoms with Crippen molar-refractivity contribution in [2.45, 2.75) is 71.4 Å². The van der Waals surface area contributed by atoms with Gasteiger partial charge >= 0.3 is 5.97 Å². The highest BCUT2D eigenvalue weighted by Crippen LogP contribution is 2.35. The Morgan fingerprint density at radius 1 is 1.19 bits per heavy atom. The maximum atomic E-state index is 12.0. The number of methoxy groups -OCH3 is 2. The van der Waals surface area contributed by atoms with Gasteiger partial charge in [-0.25, -0.2) is 4.79 Å². The summed E-state index contributed by atoms with van der Waals surface area (Å²) in [4.78, 5) is 14.5. The highest BCUT2D eigenvalue weighted by Gasteiger charge is 2.39. The number of esters is 1. The summed E-state index contributed by atoms with van der Waals surface area (Å²) in [6, 6.07) is 2.18. The van der Waals surface area contributed by atoms with Gasteiger partial charge < -0.3 is 14.2 Å². The third-order valence-corrected chi connectivity index (χ3v) is 5.84. The van der Waals surface area contributed by atoms with Crippen LogP contribution in [0.2, 0.25) is 0 Å². The number of carbonyl (C=O) groups excluding carboxylic acids is 1. The van der Waals surface area contributed by atoms with E-state index in [9.17, 15) is 10.1 Å². The maximum Gasteiger partial charge on any atom is 0.350 e. The summed E-state index contributed by atoms with van der Waals surface area (Å²) in [6.07, 6.45) is 11.2. The van der Waals surface area contributed by atoms with E-state index in [1.165, 1.54) is 0 Å². The predicted molar refractivity (Wildman–Crippen MR) is 121 cm³/mol. The number of allylic oxidation sites excluding steroid dienone is 1. The Balaban J connectivity index is 2.37. The Bertz CT molecular complexity index is 819. The number of carbonyl (C=O) groups is 1. The third-order valence-electron chi connectivity index (χ3n) is 5.84. The van der Waals surface area contributed by atoms with Gasteiger partial charge in [0.25, 0.3) is 0 Å². The molecule has 0 saturated heterocycles. The Hall–Kier alpha value is -2.52. The molecular weight excluding hydrogens is 392 g/mol. The van der Waals surface area contributed by atoms with E-state index in [0.29, 0.717) is 5.57 Å². The van der Waals surface area contributed by atoms with Crippen LogP contribution in [0.25, 0.3) is 0 Å². The fourth-order valence-electron chi connectivity index (χ4n) is 4.01. The lowest BCUT2D eigenvalue weighted by atomic mass is 9.92. The summed E-state index contributed by atoms with van der Waals surface area (Å²) in [7, 11) is 3.33. The largest absolute Gasteiger partial charge is 0.500 e. The first-order chi connectivity index (χ1) is 14.8. The van der Waals surface area contributed by atoms with E-state index >= 15 is 0 Å². The number of ether oxygens (including phenoxy) is 3. The van der Waals surface area contributed by atoms with Crippen LogP contribution >= 0.6 is 0 Å². The number of rotatable bonds is 11. The van der Waals surface area contributed by atoms with Crippen LogP contribution in [0.1, 0.15) is 59.8 Å². The summed E-state index contributed by atoms with van der Waals surface area (Å²) < 4.78 is 16.8. The summed E-state index contributed by atoms with van der Waals surface area (Å²) >= 11 is 0. The second-order valence-electron chi connectivity index (χ2n) is 8.42. The number of hydrogen-bond acceptors (Lipinski definition) is 6. The zero-order valence-corrected chi connectivity index (χ0v) is 19.8. The standard InChI is InChI=1S/C25H36N2O4/c1-7-9-13-27(14-10-8-2)18-15-22(29-5)19(23(16-18)30-6)11-12-21-20(17-26)24(28)31-25(21,3)4/h11-12,15,18H,7-10,13-14,16H2,1-6H3/b12-11+. The Morgan fingerprint density at radius 2 is 1.84 bits per heavy atom. The van der Waals surface area contributed by atoms with E-state index < -0.39 is 11.6 Å². The zero-order valence-electron chi connectivity index (χ0n) is 19.8. The van der Waals surface area contributed by atoms with Crippen LogP contribution in [0.3, 0.4) is 0 Å². The normalized spacial score (nSPS) is 20.9. The molecule has 6 heteroatoms. The van der Waals surface area contributed by atoms with Crippen molar-refractivity contribution in [1.82, 2.24) is 4.90 Å². The number of cyclic esters (lactones) is 1. The maximum absolute atomic E-state index is 12.0. The molecule has 0 aromatic heterocycles. The lowest BCUT2D eigenvalue weighted by molar-refractivity contribution is -0.144. The summed E-state index contributed by atoms with van der Waals surface area (Å²) in [5.74, 6) is 0.993. The van der Waals surface area contributed by atoms with Crippen LogP contribution < -0.4 is 0 Å². The van der Waals surface area contributed by atoms with Crippen molar-refractivity contribution in [3.63, 3.8) is 0 Å². The minimum absolute atomic E-state index is 0.0442. The smallest absolute Gasteiger partial charge is 0.350 e. The average molecular weight is 429 g/mol. The van der Waals surface area contributed by atoms with Gasteiger partial charge in [-0.1, -0.05) is 32.8 Å². The van der Waals surface area contributed by atoms with Gasteiger partial charge in [-0.2, -0.15) is 5.26 Å². The number of nitrogens with zero attached hydrogens (tertiary/aromatic N) is 2. The Kier molecular flexibility index (Phi) is 8.94. The number of unbranched alkanes of at least 4 members (excludes halogenated alkanes) is 2. The molecule has 0 bridgehead atoms. The first-order valence-electron chi connectivity index (χ1n) is 11.2. The molecular formula is C25H36N2O4. The molecule has 2 aliphatic rings. The molecule has 31 heavy (non-hydrogen) atoms. The quantitative estimate of drug-likeness (QED) is 0.440. The fourth-order valence-corrected chi connectivity index (χ4v) is 4.01. The van der Waals surface area contributed by atoms with Gasteiger partial charge in [0, 0.05) is 18.0 Å². The van der Waals surface area contributed by atoms with Gasteiger partial charge in [0.15, 0.2) is 0 Å². The molecule has 1 atom stereocenters. The van der Waals surface area contributed by atoms with Crippen molar-refractivity contribution in [2.24, 2.45) is 0 Å². The molecule has 0 spiro atoms. The average Bonchev–Trinajstić information content (AvgIpc) is 2.98. The summed E-state index contributed by atoms with van der Waals surface area (Å²) in [5, 5.41) is 9.39. The molecule has 0 radical (unpaired) electrons. The van der Waals surface area contributed by atoms with Crippen molar-refractivity contribution in [2.75, 3.05) is 27.3 Å². The summed E-state index contributed by atoms with van der Waals surface area (Å²) in [5.41, 5.74) is 0.584. The van der Waals surface area contributed by atoms with Crippen molar-refractivity contribution in [3.05, 3.63) is 46.5 Å². The topological polar surface area (TPSA) is 71.8 Å². The lowest BCUT2D eigenvalue weighted by Crippen LogP contribution is -2.38. The molecule has 2 rings (SSSR count). The van der Waals surface area contributed by atoms with Crippen LogP contribution in [-0.4, -0.2) is 49.8 Å². The molecule has 1 heterocycles. The molecule has 6 nitrogen and oxygen atoms in total. The molecule has 1 aliphatic heterocycles. The highest BCUT2D eigenvalue weighted by molar-refractivity contribution is 5.97. The van der Waals surface area contributed by atoms with Crippen LogP contribution in [-0.2, 0) is 19.0 Å². The second-order valence-corrected chi connectivity index (χ2v) is 8.42. The van der Waals surface area contributed by atoms with Crippen molar-refractivity contribution in [1.29, 1.82) is 5.26 Å². The molecule has 0 saturated carbocycles. The van der Waals surface area contributed by atoms with E-state index in [4.69, 9.17) is 14.2 Å². The minimum Gasteiger partial charge on any atom is -0.500 e. The van der Waals surface area contributed by atoms with E-state index in [0.717, 1.165) is 62.3 Å². The molecule has 0 N–H and O–H groups in total. The van der Waals surface area contributed by atoms with Gasteiger partial charge in [0.2, 0.25) is 0 Å². The molecule has 0 aromatic rings. The van der Waals surface area contributed by atoms with Crippen molar-refractivity contribution >= 4 is 5.97 Å². The van der Waals surface area contributed by atoms with Gasteiger partial charge in [0.05, 0.1) is 19.8 Å². The first-order valence-corrected chi connectivity index (χ1v) is 11.2. The van der Waals surface area contributed by atoms with Gasteiger partial charge in [0.1, 0.15) is 28.8 Å². The molecule has 1 aliphatic carbocycles. The highest BCUT2D eigenvalue weighted by atomic mass is 16.6. The molecule has 0 fully saturated rings. The van der Waals surface area contributed by atoms with Crippen molar-refractivity contribution < 1.29 is 19.0 Å². The van der Waals surface area contributed by atoms with Gasteiger partial charge in [-0.05, 0) is 51.9 Å². The van der Waals surface area contributed by atoms with Crippen LogP contribution in [0, 0.1) is 11.3 Å². The first kappa shape index (κ1) is 24.7. The van der Waals surface area contributed by atoms with Crippen LogP contribution in [0.4, 0.5) is 0 Å². The molecule has 170 valence electrons. The zero-order chi connectivity index (χ0) is 23.0. The lowest BCUT2D eigenvalue weighted by Gasteiger charge is -2.33. The number of nitriles is 1. The fraction of sp³-hybridized carbons (Fsp3) is 0.600.